The van der Waals surface area contributed by atoms with Gasteiger partial charge in [-0.2, -0.15) is 0 Å². The van der Waals surface area contributed by atoms with E-state index in [1.165, 1.54) is 17.0 Å². The van der Waals surface area contributed by atoms with Crippen molar-refractivity contribution in [3.8, 4) is 18.0 Å². The van der Waals surface area contributed by atoms with Crippen LogP contribution in [-0.2, 0) is 6.54 Å². The number of benzene rings is 2. The van der Waals surface area contributed by atoms with Gasteiger partial charge in [0.05, 0.1) is 11.2 Å². The lowest BCUT2D eigenvalue weighted by Gasteiger charge is -2.17. The van der Waals surface area contributed by atoms with Crippen LogP contribution in [0.5, 0.6) is 0 Å². The molecule has 0 bridgehead atoms. The van der Waals surface area contributed by atoms with Gasteiger partial charge in [0.15, 0.2) is 0 Å². The standard InChI is InChI=1S/C25H25FN6O/c1-4-18-8-7-9-19(14-18)29-24-20-15-23(21(26)16-22(20)27-17-28-24)32-13-12-31(25(32)33)11-10-30(5-2)6-3/h1,7-9,12-17H,5-6,10-11H2,2-3H3,(H,27,28,29). The molecule has 0 saturated heterocycles. The SMILES string of the molecule is C#Cc1cccc(Nc2ncnc3cc(F)c(-n4ccn(CCN(CC)CC)c4=O)cc23)c1. The van der Waals surface area contributed by atoms with Crippen LogP contribution in [0, 0.1) is 18.2 Å². The first kappa shape index (κ1) is 22.2. The van der Waals surface area contributed by atoms with Crippen molar-refractivity contribution in [3.05, 3.63) is 77.0 Å². The van der Waals surface area contributed by atoms with Gasteiger partial charge in [-0.05, 0) is 37.4 Å². The van der Waals surface area contributed by atoms with E-state index in [0.29, 0.717) is 23.3 Å². The summed E-state index contributed by atoms with van der Waals surface area (Å²) in [5, 5.41) is 3.80. The summed E-state index contributed by atoms with van der Waals surface area (Å²) in [5.74, 6) is 2.55. The molecule has 0 radical (unpaired) electrons. The van der Waals surface area contributed by atoms with Crippen LogP contribution in [0.2, 0.25) is 0 Å². The maximum Gasteiger partial charge on any atom is 0.332 e. The fraction of sp³-hybridized carbons (Fsp3) is 0.240. The maximum absolute atomic E-state index is 15.0. The van der Waals surface area contributed by atoms with Crippen LogP contribution in [0.3, 0.4) is 0 Å². The van der Waals surface area contributed by atoms with E-state index < -0.39 is 5.82 Å². The van der Waals surface area contributed by atoms with E-state index in [1.54, 1.807) is 23.0 Å². The predicted octanol–water partition coefficient (Wildman–Crippen LogP) is 3.79. The summed E-state index contributed by atoms with van der Waals surface area (Å²) >= 11 is 0. The van der Waals surface area contributed by atoms with Crippen molar-refractivity contribution in [2.75, 3.05) is 25.0 Å². The Morgan fingerprint density at radius 1 is 1.15 bits per heavy atom. The van der Waals surface area contributed by atoms with Gasteiger partial charge in [-0.25, -0.2) is 19.2 Å². The molecule has 0 fully saturated rings. The van der Waals surface area contributed by atoms with Crippen LogP contribution in [0.15, 0.2) is 59.9 Å². The zero-order chi connectivity index (χ0) is 23.4. The van der Waals surface area contributed by atoms with Gasteiger partial charge in [-0.3, -0.25) is 9.13 Å². The second-order valence-electron chi connectivity index (χ2n) is 7.56. The molecule has 0 atom stereocenters. The van der Waals surface area contributed by atoms with Crippen LogP contribution in [-0.4, -0.2) is 43.6 Å². The fourth-order valence-electron chi connectivity index (χ4n) is 3.73. The Labute approximate surface area is 191 Å². The van der Waals surface area contributed by atoms with Crippen molar-refractivity contribution in [1.29, 1.82) is 0 Å². The number of nitrogens with one attached hydrogen (secondary N) is 1. The number of imidazole rings is 1. The first-order valence-electron chi connectivity index (χ1n) is 10.8. The lowest BCUT2D eigenvalue weighted by Crippen LogP contribution is -2.31. The molecule has 7 nitrogen and oxygen atoms in total. The quantitative estimate of drug-likeness (QED) is 0.419. The Bertz CT molecular complexity index is 1380. The number of aromatic nitrogens is 4. The van der Waals surface area contributed by atoms with Gasteiger partial charge in [0, 0.05) is 48.2 Å². The van der Waals surface area contributed by atoms with Crippen molar-refractivity contribution in [1.82, 2.24) is 24.0 Å². The second kappa shape index (κ2) is 9.67. The Balaban J connectivity index is 1.71. The number of anilines is 2. The topological polar surface area (TPSA) is 68.0 Å². The molecule has 0 saturated carbocycles. The van der Waals surface area contributed by atoms with Crippen LogP contribution in [0.1, 0.15) is 19.4 Å². The molecule has 0 aliphatic rings. The lowest BCUT2D eigenvalue weighted by atomic mass is 10.1. The van der Waals surface area contributed by atoms with Crippen molar-refractivity contribution in [2.24, 2.45) is 0 Å². The monoisotopic (exact) mass is 444 g/mol. The van der Waals surface area contributed by atoms with Crippen molar-refractivity contribution in [2.45, 2.75) is 20.4 Å². The number of halogens is 1. The molecule has 0 spiro atoms. The lowest BCUT2D eigenvalue weighted by molar-refractivity contribution is 0.289. The normalized spacial score (nSPS) is 11.1. The summed E-state index contributed by atoms with van der Waals surface area (Å²) in [6, 6.07) is 10.3. The molecule has 2 heterocycles. The highest BCUT2D eigenvalue weighted by atomic mass is 19.1. The van der Waals surface area contributed by atoms with E-state index >= 15 is 0 Å². The third-order valence-corrected chi connectivity index (χ3v) is 5.65. The van der Waals surface area contributed by atoms with Gasteiger partial charge < -0.3 is 10.2 Å². The van der Waals surface area contributed by atoms with E-state index in [4.69, 9.17) is 6.42 Å². The third kappa shape index (κ3) is 4.64. The van der Waals surface area contributed by atoms with E-state index in [9.17, 15) is 9.18 Å². The molecular formula is C25H25FN6O. The van der Waals surface area contributed by atoms with Gasteiger partial charge in [0.25, 0.3) is 0 Å². The first-order chi connectivity index (χ1) is 16.0. The predicted molar refractivity (Wildman–Crippen MR) is 129 cm³/mol. The summed E-state index contributed by atoms with van der Waals surface area (Å²) in [5.41, 5.74) is 1.74. The van der Waals surface area contributed by atoms with E-state index in [1.807, 2.05) is 24.3 Å². The minimum Gasteiger partial charge on any atom is -0.340 e. The summed E-state index contributed by atoms with van der Waals surface area (Å²) in [7, 11) is 0. The molecule has 168 valence electrons. The van der Waals surface area contributed by atoms with Crippen molar-refractivity contribution in [3.63, 3.8) is 0 Å². The highest BCUT2D eigenvalue weighted by Crippen LogP contribution is 2.27. The molecule has 2 aromatic carbocycles. The van der Waals surface area contributed by atoms with Gasteiger partial charge in [-0.15, -0.1) is 6.42 Å². The number of terminal acetylenes is 1. The molecule has 1 N–H and O–H groups in total. The fourth-order valence-corrected chi connectivity index (χ4v) is 3.73. The minimum atomic E-state index is -0.537. The summed E-state index contributed by atoms with van der Waals surface area (Å²) in [6.07, 6.45) is 10.1. The largest absolute Gasteiger partial charge is 0.340 e. The third-order valence-electron chi connectivity index (χ3n) is 5.65. The molecule has 2 aromatic heterocycles. The molecule has 4 rings (SSSR count). The second-order valence-corrected chi connectivity index (χ2v) is 7.56. The molecule has 0 aliphatic carbocycles. The van der Waals surface area contributed by atoms with Gasteiger partial charge in [0.2, 0.25) is 0 Å². The Hall–Kier alpha value is -3.96. The number of hydrogen-bond donors (Lipinski definition) is 1. The summed E-state index contributed by atoms with van der Waals surface area (Å²) in [4.78, 5) is 23.7. The van der Waals surface area contributed by atoms with E-state index in [-0.39, 0.29) is 11.4 Å². The van der Waals surface area contributed by atoms with Crippen molar-refractivity contribution < 1.29 is 4.39 Å². The average molecular weight is 445 g/mol. The molecular weight excluding hydrogens is 419 g/mol. The highest BCUT2D eigenvalue weighted by molar-refractivity contribution is 5.92. The highest BCUT2D eigenvalue weighted by Gasteiger charge is 2.15. The van der Waals surface area contributed by atoms with Crippen LogP contribution in [0.4, 0.5) is 15.9 Å². The molecule has 33 heavy (non-hydrogen) atoms. The Morgan fingerprint density at radius 3 is 2.73 bits per heavy atom. The zero-order valence-electron chi connectivity index (χ0n) is 18.6. The average Bonchev–Trinajstić information content (AvgIpc) is 3.19. The number of fused-ring (bicyclic) bond motifs is 1. The number of rotatable bonds is 8. The molecule has 8 heteroatoms. The minimum absolute atomic E-state index is 0.143. The van der Waals surface area contributed by atoms with Crippen LogP contribution in [0.25, 0.3) is 16.6 Å². The first-order valence-corrected chi connectivity index (χ1v) is 10.8. The van der Waals surface area contributed by atoms with Gasteiger partial charge in [-0.1, -0.05) is 25.8 Å². The Kier molecular flexibility index (Phi) is 6.52. The zero-order valence-corrected chi connectivity index (χ0v) is 18.6. The Morgan fingerprint density at radius 2 is 1.97 bits per heavy atom. The molecule has 0 aliphatic heterocycles. The molecule has 0 amide bonds. The smallest absolute Gasteiger partial charge is 0.332 e. The van der Waals surface area contributed by atoms with Crippen LogP contribution >= 0.6 is 0 Å². The molecule has 4 aromatic rings. The van der Waals surface area contributed by atoms with Crippen molar-refractivity contribution >= 4 is 22.4 Å². The summed E-state index contributed by atoms with van der Waals surface area (Å²) < 4.78 is 17.9. The van der Waals surface area contributed by atoms with Gasteiger partial charge in [0.1, 0.15) is 18.0 Å². The molecule has 0 unspecified atom stereocenters. The maximum atomic E-state index is 15.0. The van der Waals surface area contributed by atoms with Crippen LogP contribution < -0.4 is 11.0 Å². The van der Waals surface area contributed by atoms with E-state index in [0.717, 1.165) is 30.9 Å². The number of likely N-dealkylation sites (N-methyl/N-ethyl adjacent to an activating group) is 1. The van der Waals surface area contributed by atoms with Gasteiger partial charge >= 0.3 is 5.69 Å². The van der Waals surface area contributed by atoms with E-state index in [2.05, 4.69) is 40.0 Å². The number of nitrogens with zero attached hydrogens (tertiary/aromatic N) is 5. The summed E-state index contributed by atoms with van der Waals surface area (Å²) in [6.45, 7) is 7.26. The number of hydrogen-bond acceptors (Lipinski definition) is 5.